The van der Waals surface area contributed by atoms with Crippen molar-refractivity contribution in [3.8, 4) is 0 Å². The third kappa shape index (κ3) is 4.01. The van der Waals surface area contributed by atoms with Crippen LogP contribution >= 0.6 is 0 Å². The van der Waals surface area contributed by atoms with E-state index in [9.17, 15) is 9.59 Å². The van der Waals surface area contributed by atoms with Gasteiger partial charge in [0.05, 0.1) is 0 Å². The Balaban J connectivity index is 1.42. The molecule has 4 aliphatic carbocycles. The van der Waals surface area contributed by atoms with Crippen molar-refractivity contribution in [3.05, 3.63) is 41.5 Å². The molecule has 0 heterocycles. The highest BCUT2D eigenvalue weighted by molar-refractivity contribution is 5.67. The van der Waals surface area contributed by atoms with Gasteiger partial charge in [0, 0.05) is 19.3 Å². The quantitative estimate of drug-likeness (QED) is 0.474. The Hall–Kier alpha value is -2.10. The van der Waals surface area contributed by atoms with Gasteiger partial charge in [0.1, 0.15) is 12.2 Å². The minimum absolute atomic E-state index is 0.00555. The van der Waals surface area contributed by atoms with Gasteiger partial charge >= 0.3 is 11.9 Å². The molecule has 0 amide bonds. The van der Waals surface area contributed by atoms with Gasteiger partial charge < -0.3 is 9.47 Å². The maximum Gasteiger partial charge on any atom is 0.303 e. The average Bonchev–Trinajstić information content (AvgIpc) is 3.05. The van der Waals surface area contributed by atoms with Crippen LogP contribution in [0.4, 0.5) is 0 Å². The fourth-order valence-electron chi connectivity index (χ4n) is 8.68. The highest BCUT2D eigenvalue weighted by atomic mass is 16.5. The fraction of sp³-hybridized carbons (Fsp3) is 0.667. The van der Waals surface area contributed by atoms with Crippen molar-refractivity contribution in [1.29, 1.82) is 0 Å². The summed E-state index contributed by atoms with van der Waals surface area (Å²) >= 11 is 0. The summed E-state index contributed by atoms with van der Waals surface area (Å²) in [6.45, 7) is 8.00. The van der Waals surface area contributed by atoms with Crippen LogP contribution in [0.3, 0.4) is 0 Å². The van der Waals surface area contributed by atoms with Crippen LogP contribution in [0.5, 0.6) is 0 Å². The van der Waals surface area contributed by atoms with Crippen LogP contribution in [-0.2, 0) is 19.1 Å². The van der Waals surface area contributed by atoms with Crippen molar-refractivity contribution < 1.29 is 19.1 Å². The molecule has 1 aromatic rings. The molecule has 8 atom stereocenters. The first kappa shape index (κ1) is 23.6. The molecule has 0 saturated heterocycles. The molecule has 4 heteroatoms. The van der Waals surface area contributed by atoms with Crippen molar-refractivity contribution in [2.75, 3.05) is 0 Å². The summed E-state index contributed by atoms with van der Waals surface area (Å²) in [6.07, 6.45) is 11.2. The lowest BCUT2D eigenvalue weighted by Crippen LogP contribution is -2.54. The molecule has 5 rings (SSSR count). The van der Waals surface area contributed by atoms with Crippen LogP contribution in [0.1, 0.15) is 84.6 Å². The molecular formula is C30H40O4. The number of benzene rings is 1. The second-order valence-corrected chi connectivity index (χ2v) is 12.0. The molecule has 184 valence electrons. The van der Waals surface area contributed by atoms with Gasteiger partial charge in [-0.2, -0.15) is 0 Å². The normalized spacial score (nSPS) is 42.3. The molecule has 0 aromatic heterocycles. The molecule has 4 fully saturated rings. The Morgan fingerprint density at radius 2 is 1.59 bits per heavy atom. The lowest BCUT2D eigenvalue weighted by Gasteiger charge is -2.60. The third-order valence-corrected chi connectivity index (χ3v) is 10.2. The third-order valence-electron chi connectivity index (χ3n) is 10.2. The average molecular weight is 465 g/mol. The Kier molecular flexibility index (Phi) is 6.14. The first-order valence-corrected chi connectivity index (χ1v) is 13.3. The number of fused-ring (bicyclic) bond motifs is 5. The molecule has 0 radical (unpaired) electrons. The van der Waals surface area contributed by atoms with E-state index in [1.165, 1.54) is 37.3 Å². The Morgan fingerprint density at radius 1 is 0.882 bits per heavy atom. The van der Waals surface area contributed by atoms with Crippen LogP contribution in [-0.4, -0.2) is 24.1 Å². The zero-order chi connectivity index (χ0) is 24.1. The molecule has 34 heavy (non-hydrogen) atoms. The SMILES string of the molecule is CC(=O)O[C@H]1CC[C@]2(C)[C@@H](CC[C@@H]3[C@H]4C/C(=C\c5ccccc5)[C@@H](OC(C)=O)[C@]4(C)CC[C@H]32)C1. The number of esters is 2. The van der Waals surface area contributed by atoms with Crippen molar-refractivity contribution in [2.45, 2.75) is 91.3 Å². The van der Waals surface area contributed by atoms with E-state index >= 15 is 0 Å². The van der Waals surface area contributed by atoms with Gasteiger partial charge in [-0.3, -0.25) is 9.59 Å². The predicted molar refractivity (Wildman–Crippen MR) is 133 cm³/mol. The summed E-state index contributed by atoms with van der Waals surface area (Å²) in [5.74, 6) is 2.25. The van der Waals surface area contributed by atoms with Gasteiger partial charge in [0.25, 0.3) is 0 Å². The highest BCUT2D eigenvalue weighted by Crippen LogP contribution is 2.67. The van der Waals surface area contributed by atoms with E-state index in [0.29, 0.717) is 29.1 Å². The van der Waals surface area contributed by atoms with Crippen LogP contribution in [0, 0.1) is 34.5 Å². The Labute approximate surface area is 204 Å². The van der Waals surface area contributed by atoms with E-state index in [2.05, 4.69) is 44.2 Å². The number of rotatable bonds is 3. The van der Waals surface area contributed by atoms with Crippen molar-refractivity contribution >= 4 is 18.0 Å². The summed E-state index contributed by atoms with van der Waals surface area (Å²) in [7, 11) is 0. The monoisotopic (exact) mass is 464 g/mol. The highest BCUT2D eigenvalue weighted by Gasteiger charge is 2.62. The molecule has 1 aromatic carbocycles. The largest absolute Gasteiger partial charge is 0.463 e. The zero-order valence-electron chi connectivity index (χ0n) is 21.2. The van der Waals surface area contributed by atoms with E-state index in [1.807, 2.05) is 6.07 Å². The number of carbonyl (C=O) groups is 2. The lowest BCUT2D eigenvalue weighted by molar-refractivity contribution is -0.166. The van der Waals surface area contributed by atoms with Gasteiger partial charge in [-0.05, 0) is 91.6 Å². The molecular weight excluding hydrogens is 424 g/mol. The van der Waals surface area contributed by atoms with E-state index in [1.54, 1.807) is 6.92 Å². The summed E-state index contributed by atoms with van der Waals surface area (Å²) in [5.41, 5.74) is 2.81. The minimum Gasteiger partial charge on any atom is -0.463 e. The standard InChI is InChI=1S/C30H40O4/c1-19(31)33-24-12-14-29(3)23(18-24)10-11-25-26(29)13-15-30(4)27(25)17-22(28(30)34-20(2)32)16-21-8-6-5-7-9-21/h5-9,16,23-28H,10-15,17-18H2,1-4H3/b22-16+/t23-,24-,25-,26+,27+,28+,29+,30+/m0/s1. The maximum atomic E-state index is 12.2. The number of ether oxygens (including phenoxy) is 2. The number of hydrogen-bond donors (Lipinski definition) is 0. The van der Waals surface area contributed by atoms with E-state index in [4.69, 9.17) is 9.47 Å². The predicted octanol–water partition coefficient (Wildman–Crippen LogP) is 6.59. The van der Waals surface area contributed by atoms with Gasteiger partial charge in [-0.15, -0.1) is 0 Å². The molecule has 0 N–H and O–H groups in total. The molecule has 4 saturated carbocycles. The second-order valence-electron chi connectivity index (χ2n) is 12.0. The minimum atomic E-state index is -0.174. The van der Waals surface area contributed by atoms with Gasteiger partial charge in [-0.25, -0.2) is 0 Å². The molecule has 0 aliphatic heterocycles. The summed E-state index contributed by atoms with van der Waals surface area (Å²) < 4.78 is 11.7. The fourth-order valence-corrected chi connectivity index (χ4v) is 8.68. The van der Waals surface area contributed by atoms with Gasteiger partial charge in [-0.1, -0.05) is 50.3 Å². The van der Waals surface area contributed by atoms with E-state index in [0.717, 1.165) is 32.1 Å². The molecule has 4 aliphatic rings. The van der Waals surface area contributed by atoms with Crippen LogP contribution in [0.15, 0.2) is 35.9 Å². The first-order valence-electron chi connectivity index (χ1n) is 13.3. The Morgan fingerprint density at radius 3 is 2.29 bits per heavy atom. The first-order chi connectivity index (χ1) is 16.2. The lowest BCUT2D eigenvalue weighted by atomic mass is 9.45. The van der Waals surface area contributed by atoms with Gasteiger partial charge in [0.15, 0.2) is 0 Å². The molecule has 0 unspecified atom stereocenters. The topological polar surface area (TPSA) is 52.6 Å². The van der Waals surface area contributed by atoms with Gasteiger partial charge in [0.2, 0.25) is 0 Å². The number of hydrogen-bond acceptors (Lipinski definition) is 4. The zero-order valence-corrected chi connectivity index (χ0v) is 21.2. The summed E-state index contributed by atoms with van der Waals surface area (Å²) in [4.78, 5) is 23.7. The van der Waals surface area contributed by atoms with Crippen molar-refractivity contribution in [1.82, 2.24) is 0 Å². The van der Waals surface area contributed by atoms with Crippen LogP contribution in [0.2, 0.25) is 0 Å². The maximum absolute atomic E-state index is 12.2. The van der Waals surface area contributed by atoms with Crippen molar-refractivity contribution in [3.63, 3.8) is 0 Å². The van der Waals surface area contributed by atoms with E-state index in [-0.39, 0.29) is 29.6 Å². The summed E-state index contributed by atoms with van der Waals surface area (Å²) in [6, 6.07) is 10.5. The Bertz CT molecular complexity index is 967. The second kappa shape index (κ2) is 8.84. The summed E-state index contributed by atoms with van der Waals surface area (Å²) in [5, 5.41) is 0. The molecule has 0 bridgehead atoms. The van der Waals surface area contributed by atoms with Crippen LogP contribution in [0.25, 0.3) is 6.08 Å². The molecule has 0 spiro atoms. The van der Waals surface area contributed by atoms with Crippen LogP contribution < -0.4 is 0 Å². The number of carbonyl (C=O) groups excluding carboxylic acids is 2. The molecule has 4 nitrogen and oxygen atoms in total. The smallest absolute Gasteiger partial charge is 0.303 e. The van der Waals surface area contributed by atoms with Crippen molar-refractivity contribution in [2.24, 2.45) is 34.5 Å². The van der Waals surface area contributed by atoms with E-state index < -0.39 is 0 Å².